The standard InChI is InChI=1S/C30H29FN6O4S/c1-3-26(39)35-17-22(18-35)37-16-20(14-33-37)29-27(23-5-4-21(31)12-25(23)41-10-9-40-2)30-24(6-11-42-30)28(34-29)19-13-32-36(15-19)7-8-38/h3-6,11-16,22,38H,1,7-10,17-18H2,2H3. The van der Waals surface area contributed by atoms with Crippen LogP contribution in [-0.4, -0.2) is 80.5 Å². The third-order valence-electron chi connectivity index (χ3n) is 7.20. The lowest BCUT2D eigenvalue weighted by Crippen LogP contribution is -2.50. The summed E-state index contributed by atoms with van der Waals surface area (Å²) in [5.74, 6) is -0.125. The zero-order chi connectivity index (χ0) is 29.2. The van der Waals surface area contributed by atoms with E-state index in [9.17, 15) is 14.3 Å². The number of nitrogens with zero attached hydrogens (tertiary/aromatic N) is 6. The number of halogens is 1. The van der Waals surface area contributed by atoms with Crippen molar-refractivity contribution in [2.75, 3.05) is 40.0 Å². The van der Waals surface area contributed by atoms with Crippen molar-refractivity contribution in [1.29, 1.82) is 0 Å². The van der Waals surface area contributed by atoms with Gasteiger partial charge in [0.25, 0.3) is 0 Å². The Balaban J connectivity index is 1.51. The molecule has 0 spiro atoms. The number of carbonyl (C=O) groups is 1. The molecular weight excluding hydrogens is 559 g/mol. The van der Waals surface area contributed by atoms with Gasteiger partial charge in [-0.1, -0.05) is 6.58 Å². The number of ether oxygens (including phenoxy) is 2. The maximum absolute atomic E-state index is 14.5. The summed E-state index contributed by atoms with van der Waals surface area (Å²) >= 11 is 1.56. The van der Waals surface area contributed by atoms with Gasteiger partial charge in [-0.2, -0.15) is 10.2 Å². The van der Waals surface area contributed by atoms with E-state index in [1.807, 2.05) is 28.5 Å². The molecule has 1 amide bonds. The minimum Gasteiger partial charge on any atom is -0.490 e. The maximum Gasteiger partial charge on any atom is 0.246 e. The number of likely N-dealkylation sites (tertiary alicyclic amines) is 1. The number of aromatic nitrogens is 5. The second-order valence-corrected chi connectivity index (χ2v) is 10.8. The molecule has 6 rings (SSSR count). The predicted molar refractivity (Wildman–Crippen MR) is 158 cm³/mol. The molecule has 42 heavy (non-hydrogen) atoms. The molecule has 10 nitrogen and oxygen atoms in total. The summed E-state index contributed by atoms with van der Waals surface area (Å²) in [5, 5.41) is 21.3. The summed E-state index contributed by atoms with van der Waals surface area (Å²) in [6.07, 6.45) is 8.60. The van der Waals surface area contributed by atoms with Gasteiger partial charge in [0.1, 0.15) is 18.2 Å². The van der Waals surface area contributed by atoms with Crippen LogP contribution in [-0.2, 0) is 16.1 Å². The molecule has 0 saturated carbocycles. The number of hydrogen-bond acceptors (Lipinski definition) is 8. The number of fused-ring (bicyclic) bond motifs is 1. The van der Waals surface area contributed by atoms with E-state index >= 15 is 0 Å². The van der Waals surface area contributed by atoms with Crippen molar-refractivity contribution in [3.05, 3.63) is 72.9 Å². The summed E-state index contributed by atoms with van der Waals surface area (Å²) < 4.78 is 30.1. The summed E-state index contributed by atoms with van der Waals surface area (Å²) in [5.41, 5.74) is 4.46. The fraction of sp³-hybridized carbons (Fsp3) is 0.267. The molecule has 216 valence electrons. The summed E-state index contributed by atoms with van der Waals surface area (Å²) in [6, 6.07) is 6.55. The average Bonchev–Trinajstić information content (AvgIpc) is 3.74. The van der Waals surface area contributed by atoms with E-state index in [1.165, 1.54) is 18.2 Å². The maximum atomic E-state index is 14.5. The molecule has 1 N–H and O–H groups in total. The van der Waals surface area contributed by atoms with Gasteiger partial charge in [-0.15, -0.1) is 11.3 Å². The molecule has 1 aliphatic rings. The Hall–Kier alpha value is -4.39. The zero-order valence-electron chi connectivity index (χ0n) is 22.9. The van der Waals surface area contributed by atoms with E-state index in [0.29, 0.717) is 43.2 Å². The lowest BCUT2D eigenvalue weighted by Gasteiger charge is -2.38. The Bertz CT molecular complexity index is 1760. The topological polar surface area (TPSA) is 108 Å². The molecule has 1 aliphatic heterocycles. The van der Waals surface area contributed by atoms with Gasteiger partial charge in [-0.3, -0.25) is 14.2 Å². The number of aliphatic hydroxyl groups excluding tert-OH is 1. The number of pyridine rings is 1. The summed E-state index contributed by atoms with van der Waals surface area (Å²) in [6.45, 7) is 5.60. The predicted octanol–water partition coefficient (Wildman–Crippen LogP) is 4.42. The highest BCUT2D eigenvalue weighted by molar-refractivity contribution is 7.18. The third kappa shape index (κ3) is 5.20. The molecule has 0 aliphatic carbocycles. The van der Waals surface area contributed by atoms with Gasteiger partial charge >= 0.3 is 0 Å². The quantitative estimate of drug-likeness (QED) is 0.180. The highest BCUT2D eigenvalue weighted by Gasteiger charge is 2.32. The molecule has 0 bridgehead atoms. The van der Waals surface area contributed by atoms with Gasteiger partial charge in [0.05, 0.1) is 49.6 Å². The molecule has 5 aromatic rings. The molecule has 0 atom stereocenters. The Labute approximate surface area is 245 Å². The number of aliphatic hydroxyl groups is 1. The van der Waals surface area contributed by atoms with E-state index in [1.54, 1.807) is 46.5 Å². The van der Waals surface area contributed by atoms with E-state index in [4.69, 9.17) is 14.5 Å². The van der Waals surface area contributed by atoms with Crippen LogP contribution in [0.15, 0.2) is 67.1 Å². The Morgan fingerprint density at radius 3 is 2.76 bits per heavy atom. The highest BCUT2D eigenvalue weighted by atomic mass is 32.1. The van der Waals surface area contributed by atoms with Gasteiger partial charge in [-0.25, -0.2) is 9.37 Å². The fourth-order valence-electron chi connectivity index (χ4n) is 5.06. The first-order chi connectivity index (χ1) is 20.5. The SMILES string of the molecule is C=CC(=O)N1CC(n2cc(-c3nc(-c4cnn(CCO)c4)c4ccsc4c3-c3ccc(F)cc3OCCOC)cn2)C1. The van der Waals surface area contributed by atoms with Crippen LogP contribution in [0.3, 0.4) is 0 Å². The Morgan fingerprint density at radius 2 is 1.98 bits per heavy atom. The van der Waals surface area contributed by atoms with Gasteiger partial charge in [0.2, 0.25) is 5.91 Å². The second-order valence-electron chi connectivity index (χ2n) is 9.86. The number of thiophene rings is 1. The van der Waals surface area contributed by atoms with Gasteiger partial charge < -0.3 is 19.5 Å². The molecule has 1 saturated heterocycles. The molecular formula is C30H29FN6O4S. The van der Waals surface area contributed by atoms with Crippen LogP contribution >= 0.6 is 11.3 Å². The van der Waals surface area contributed by atoms with E-state index in [2.05, 4.69) is 16.8 Å². The summed E-state index contributed by atoms with van der Waals surface area (Å²) in [4.78, 5) is 18.9. The largest absolute Gasteiger partial charge is 0.490 e. The minimum atomic E-state index is -0.410. The van der Waals surface area contributed by atoms with E-state index in [0.717, 1.165) is 32.5 Å². The van der Waals surface area contributed by atoms with Crippen LogP contribution in [0.25, 0.3) is 43.7 Å². The van der Waals surface area contributed by atoms with E-state index < -0.39 is 5.82 Å². The van der Waals surface area contributed by atoms with Crippen molar-refractivity contribution in [2.24, 2.45) is 0 Å². The van der Waals surface area contributed by atoms with Crippen molar-refractivity contribution >= 4 is 27.3 Å². The monoisotopic (exact) mass is 588 g/mol. The lowest BCUT2D eigenvalue weighted by atomic mass is 9.96. The minimum absolute atomic E-state index is 0.0286. The first kappa shape index (κ1) is 27.8. The molecule has 1 fully saturated rings. The van der Waals surface area contributed by atoms with Crippen molar-refractivity contribution in [3.63, 3.8) is 0 Å². The molecule has 4 aromatic heterocycles. The normalized spacial score (nSPS) is 13.5. The average molecular weight is 589 g/mol. The van der Waals surface area contributed by atoms with Gasteiger partial charge in [-0.05, 0) is 29.7 Å². The molecule has 0 radical (unpaired) electrons. The Kier molecular flexibility index (Phi) is 7.83. The number of methoxy groups -OCH3 is 1. The van der Waals surface area contributed by atoms with Crippen molar-refractivity contribution in [3.8, 4) is 39.4 Å². The molecule has 0 unspecified atom stereocenters. The van der Waals surface area contributed by atoms with Crippen molar-refractivity contribution in [1.82, 2.24) is 29.4 Å². The first-order valence-electron chi connectivity index (χ1n) is 13.4. The smallest absolute Gasteiger partial charge is 0.246 e. The van der Waals surface area contributed by atoms with Crippen LogP contribution in [0, 0.1) is 5.82 Å². The van der Waals surface area contributed by atoms with Crippen molar-refractivity contribution in [2.45, 2.75) is 12.6 Å². The first-order valence-corrected chi connectivity index (χ1v) is 14.3. The zero-order valence-corrected chi connectivity index (χ0v) is 23.8. The second kappa shape index (κ2) is 11.8. The van der Waals surface area contributed by atoms with E-state index in [-0.39, 0.29) is 25.2 Å². The number of amides is 1. The van der Waals surface area contributed by atoms with Gasteiger partial charge in [0, 0.05) is 71.0 Å². The number of benzene rings is 1. The van der Waals surface area contributed by atoms with Crippen LogP contribution in [0.1, 0.15) is 6.04 Å². The number of carbonyl (C=O) groups excluding carboxylic acids is 1. The summed E-state index contributed by atoms with van der Waals surface area (Å²) in [7, 11) is 1.58. The number of hydrogen-bond donors (Lipinski definition) is 1. The van der Waals surface area contributed by atoms with Crippen LogP contribution in [0.5, 0.6) is 5.75 Å². The third-order valence-corrected chi connectivity index (χ3v) is 8.13. The molecule has 12 heteroatoms. The van der Waals surface area contributed by atoms with Crippen LogP contribution in [0.2, 0.25) is 0 Å². The van der Waals surface area contributed by atoms with Crippen LogP contribution in [0.4, 0.5) is 4.39 Å². The number of rotatable bonds is 11. The van der Waals surface area contributed by atoms with Crippen LogP contribution < -0.4 is 4.74 Å². The molecule has 5 heterocycles. The van der Waals surface area contributed by atoms with Crippen molar-refractivity contribution < 1.29 is 23.8 Å². The fourth-order valence-corrected chi connectivity index (χ4v) is 6.02. The Morgan fingerprint density at radius 1 is 1.17 bits per heavy atom. The highest BCUT2D eigenvalue weighted by Crippen LogP contribution is 2.46. The van der Waals surface area contributed by atoms with Gasteiger partial charge in [0.15, 0.2) is 0 Å². The lowest BCUT2D eigenvalue weighted by molar-refractivity contribution is -0.131. The molecule has 1 aromatic carbocycles.